The van der Waals surface area contributed by atoms with Crippen molar-refractivity contribution >= 4 is 17.7 Å². The SMILES string of the molecule is CCCN1C[C@H](C)C[C@@](C)(OC)[C@H](O[C@@H]2O[C@H](C)C[C@H](N(C)C)[C@H]2O)[C@@H](C)C(=O)C(C)(C)C(=O)O[C@@H](C)[C@@H]1CN1CCN(C(=O)c2ccccc2OC)CC1. The van der Waals surface area contributed by atoms with Crippen LogP contribution in [0.4, 0.5) is 0 Å². The number of likely N-dealkylation sites (N-methyl/N-ethyl adjacent to an activating group) is 1. The van der Waals surface area contributed by atoms with Gasteiger partial charge in [-0.2, -0.15) is 0 Å². The largest absolute Gasteiger partial charge is 0.496 e. The summed E-state index contributed by atoms with van der Waals surface area (Å²) in [6.45, 7) is 19.7. The Labute approximate surface area is 329 Å². The molecule has 1 N–H and O–H groups in total. The second kappa shape index (κ2) is 19.2. The van der Waals surface area contributed by atoms with Gasteiger partial charge in [-0.25, -0.2) is 0 Å². The molecule has 10 atom stereocenters. The van der Waals surface area contributed by atoms with Crippen LogP contribution in [0, 0.1) is 17.3 Å². The summed E-state index contributed by atoms with van der Waals surface area (Å²) in [4.78, 5) is 50.7. The minimum absolute atomic E-state index is 0.0518. The number of ether oxygens (including phenoxy) is 5. The number of Topliss-reactive ketones (excluding diaryl/α,β-unsaturated/α-hetero) is 1. The van der Waals surface area contributed by atoms with E-state index < -0.39 is 47.5 Å². The van der Waals surface area contributed by atoms with E-state index in [0.29, 0.717) is 63.4 Å². The van der Waals surface area contributed by atoms with Crippen molar-refractivity contribution in [2.24, 2.45) is 17.3 Å². The van der Waals surface area contributed by atoms with Gasteiger partial charge < -0.3 is 38.6 Å². The third-order valence-corrected chi connectivity index (χ3v) is 12.2. The lowest BCUT2D eigenvalue weighted by molar-refractivity contribution is -0.295. The van der Waals surface area contributed by atoms with Gasteiger partial charge in [-0.1, -0.05) is 32.9 Å². The molecule has 0 saturated carbocycles. The number of aliphatic hydroxyl groups excluding tert-OH is 1. The molecule has 0 aliphatic carbocycles. The number of para-hydroxylation sites is 1. The first-order chi connectivity index (χ1) is 25.9. The van der Waals surface area contributed by atoms with E-state index >= 15 is 0 Å². The first-order valence-electron chi connectivity index (χ1n) is 20.2. The Morgan fingerprint density at radius 1 is 1.02 bits per heavy atom. The number of hydrogen-bond donors (Lipinski definition) is 1. The van der Waals surface area contributed by atoms with Crippen LogP contribution in [0.5, 0.6) is 5.75 Å². The van der Waals surface area contributed by atoms with Crippen molar-refractivity contribution < 1.29 is 43.2 Å². The van der Waals surface area contributed by atoms with Gasteiger partial charge in [-0.3, -0.25) is 24.2 Å². The predicted octanol–water partition coefficient (Wildman–Crippen LogP) is 3.95. The molecule has 0 radical (unpaired) electrons. The molecule has 55 heavy (non-hydrogen) atoms. The highest BCUT2D eigenvalue weighted by Gasteiger charge is 2.52. The molecule has 3 heterocycles. The summed E-state index contributed by atoms with van der Waals surface area (Å²) < 4.78 is 31.0. The number of ketones is 1. The highest BCUT2D eigenvalue weighted by atomic mass is 16.7. The summed E-state index contributed by atoms with van der Waals surface area (Å²) in [6.07, 6.45) is -1.46. The van der Waals surface area contributed by atoms with Crippen molar-refractivity contribution in [3.05, 3.63) is 29.8 Å². The van der Waals surface area contributed by atoms with Crippen LogP contribution in [-0.2, 0) is 28.5 Å². The maximum atomic E-state index is 14.5. The first kappa shape index (κ1) is 45.1. The van der Waals surface area contributed by atoms with Crippen LogP contribution in [0.1, 0.15) is 85.0 Å². The molecule has 0 spiro atoms. The number of benzene rings is 1. The Morgan fingerprint density at radius 2 is 1.67 bits per heavy atom. The molecule has 0 unspecified atom stereocenters. The van der Waals surface area contributed by atoms with Crippen LogP contribution in [0.2, 0.25) is 0 Å². The van der Waals surface area contributed by atoms with Gasteiger partial charge in [0.2, 0.25) is 0 Å². The highest BCUT2D eigenvalue weighted by molar-refractivity contribution is 6.04. The van der Waals surface area contributed by atoms with Crippen molar-refractivity contribution in [1.29, 1.82) is 0 Å². The fourth-order valence-corrected chi connectivity index (χ4v) is 8.89. The van der Waals surface area contributed by atoms with Gasteiger partial charge in [0.05, 0.1) is 36.5 Å². The van der Waals surface area contributed by atoms with Crippen LogP contribution >= 0.6 is 0 Å². The number of hydrogen-bond acceptors (Lipinski definition) is 12. The zero-order valence-corrected chi connectivity index (χ0v) is 35.6. The maximum absolute atomic E-state index is 14.5. The smallest absolute Gasteiger partial charge is 0.319 e. The summed E-state index contributed by atoms with van der Waals surface area (Å²) >= 11 is 0. The molecule has 1 amide bonds. The third kappa shape index (κ3) is 10.5. The predicted molar refractivity (Wildman–Crippen MR) is 211 cm³/mol. The Hall–Kier alpha value is -2.65. The maximum Gasteiger partial charge on any atom is 0.319 e. The molecule has 3 saturated heterocycles. The van der Waals surface area contributed by atoms with Gasteiger partial charge in [0.25, 0.3) is 5.91 Å². The minimum atomic E-state index is -1.50. The number of rotatable bonds is 10. The van der Waals surface area contributed by atoms with Crippen LogP contribution < -0.4 is 4.74 Å². The molecule has 0 aromatic heterocycles. The molecule has 3 aliphatic rings. The zero-order chi connectivity index (χ0) is 40.8. The van der Waals surface area contributed by atoms with Crippen molar-refractivity contribution in [3.63, 3.8) is 0 Å². The lowest BCUT2D eigenvalue weighted by atomic mass is 9.74. The quantitative estimate of drug-likeness (QED) is 0.273. The fourth-order valence-electron chi connectivity index (χ4n) is 8.89. The molecule has 1 aromatic carbocycles. The molecule has 4 rings (SSSR count). The average Bonchev–Trinajstić information content (AvgIpc) is 3.15. The Kier molecular flexibility index (Phi) is 15.7. The highest BCUT2D eigenvalue weighted by Crippen LogP contribution is 2.39. The van der Waals surface area contributed by atoms with Gasteiger partial charge in [0.15, 0.2) is 12.1 Å². The van der Waals surface area contributed by atoms with E-state index in [1.807, 2.05) is 56.8 Å². The Morgan fingerprint density at radius 3 is 2.27 bits per heavy atom. The van der Waals surface area contributed by atoms with E-state index in [-0.39, 0.29) is 35.8 Å². The van der Waals surface area contributed by atoms with Crippen molar-refractivity contribution in [1.82, 2.24) is 19.6 Å². The summed E-state index contributed by atoms with van der Waals surface area (Å²) in [5, 5.41) is 11.5. The molecule has 3 fully saturated rings. The zero-order valence-electron chi connectivity index (χ0n) is 35.6. The van der Waals surface area contributed by atoms with Crippen molar-refractivity contribution in [2.75, 3.05) is 74.1 Å². The van der Waals surface area contributed by atoms with E-state index in [9.17, 15) is 19.5 Å². The van der Waals surface area contributed by atoms with Gasteiger partial charge in [0, 0.05) is 58.3 Å². The number of methoxy groups -OCH3 is 2. The molecule has 312 valence electrons. The second-order valence-corrected chi connectivity index (χ2v) is 17.2. The van der Waals surface area contributed by atoms with Gasteiger partial charge in [0.1, 0.15) is 23.4 Å². The summed E-state index contributed by atoms with van der Waals surface area (Å²) in [7, 11) is 7.05. The Balaban J connectivity index is 1.62. The molecule has 13 nitrogen and oxygen atoms in total. The van der Waals surface area contributed by atoms with E-state index in [0.717, 1.165) is 13.0 Å². The van der Waals surface area contributed by atoms with Crippen LogP contribution in [-0.4, -0.2) is 165 Å². The van der Waals surface area contributed by atoms with E-state index in [1.165, 1.54) is 0 Å². The molecule has 0 bridgehead atoms. The second-order valence-electron chi connectivity index (χ2n) is 17.2. The lowest BCUT2D eigenvalue weighted by Gasteiger charge is -2.47. The average molecular weight is 775 g/mol. The van der Waals surface area contributed by atoms with Crippen molar-refractivity contribution in [3.8, 4) is 5.75 Å². The number of aliphatic hydroxyl groups is 1. The normalized spacial score (nSPS) is 34.7. The van der Waals surface area contributed by atoms with Gasteiger partial charge >= 0.3 is 5.97 Å². The first-order valence-corrected chi connectivity index (χ1v) is 20.2. The topological polar surface area (TPSA) is 131 Å². The number of nitrogens with zero attached hydrogens (tertiary/aromatic N) is 4. The molecule has 13 heteroatoms. The monoisotopic (exact) mass is 775 g/mol. The molecular formula is C42H70N4O9. The lowest BCUT2D eigenvalue weighted by Crippen LogP contribution is -2.59. The molecule has 3 aliphatic heterocycles. The van der Waals surface area contributed by atoms with E-state index in [1.54, 1.807) is 47.1 Å². The summed E-state index contributed by atoms with van der Waals surface area (Å²) in [5.74, 6) is -1.14. The fraction of sp³-hybridized carbons (Fsp3) is 0.786. The number of carbonyl (C=O) groups excluding carboxylic acids is 3. The Bertz CT molecular complexity index is 1440. The molecular weight excluding hydrogens is 704 g/mol. The summed E-state index contributed by atoms with van der Waals surface area (Å²) in [5.41, 5.74) is -1.93. The third-order valence-electron chi connectivity index (χ3n) is 12.2. The van der Waals surface area contributed by atoms with Crippen LogP contribution in [0.25, 0.3) is 0 Å². The number of carbonyl (C=O) groups is 3. The summed E-state index contributed by atoms with van der Waals surface area (Å²) in [6, 6.07) is 6.92. The van der Waals surface area contributed by atoms with E-state index in [2.05, 4.69) is 23.6 Å². The van der Waals surface area contributed by atoms with Gasteiger partial charge in [-0.15, -0.1) is 0 Å². The minimum Gasteiger partial charge on any atom is -0.496 e. The van der Waals surface area contributed by atoms with Crippen LogP contribution in [0.3, 0.4) is 0 Å². The van der Waals surface area contributed by atoms with Crippen molar-refractivity contribution in [2.45, 2.75) is 123 Å². The standard InChI is InChI=1S/C42H70N4O9/c1-13-18-46-25-27(2)24-42(8,52-12)37(55-39-35(47)32(43(9)10)23-28(3)53-39)29(4)36(48)41(6,7)40(50)54-30(5)33(46)26-44-19-21-45(22-20-44)38(49)31-16-14-15-17-34(31)51-11/h14-17,27-30,32-33,35,37,39,47H,13,18-26H2,1-12H3/t27-,28-,29+,30+,32+,33+,35-,37-,39+,42-/m1/s1. The van der Waals surface area contributed by atoms with E-state index in [4.69, 9.17) is 23.7 Å². The number of cyclic esters (lactones) is 1. The van der Waals surface area contributed by atoms with Gasteiger partial charge in [-0.05, 0) is 92.6 Å². The van der Waals surface area contributed by atoms with Crippen LogP contribution in [0.15, 0.2) is 24.3 Å². The number of esters is 1. The number of amides is 1. The number of piperazine rings is 1. The molecule has 1 aromatic rings.